The standard InChI is InChI=1S/C17H34N4O.HI/c1-14(2)11-15(21-8-4-5-9-21)12-19-17(18-3)20-13-16-7-6-10-22-16;/h14-16H,4-13H2,1-3H3,(H2,18,19,20);1H. The van der Waals surface area contributed by atoms with Gasteiger partial charge in [0, 0.05) is 32.8 Å². The van der Waals surface area contributed by atoms with Gasteiger partial charge in [0.25, 0.3) is 0 Å². The van der Waals surface area contributed by atoms with Crippen molar-refractivity contribution >= 4 is 29.9 Å². The van der Waals surface area contributed by atoms with E-state index in [0.29, 0.717) is 12.1 Å². The van der Waals surface area contributed by atoms with E-state index in [1.165, 1.54) is 38.8 Å². The zero-order valence-electron chi connectivity index (χ0n) is 15.0. The molecule has 2 rings (SSSR count). The van der Waals surface area contributed by atoms with Crippen molar-refractivity contribution in [1.29, 1.82) is 0 Å². The Bertz CT molecular complexity index is 339. The molecule has 0 saturated carbocycles. The minimum Gasteiger partial charge on any atom is -0.376 e. The maximum absolute atomic E-state index is 5.65. The molecule has 2 N–H and O–H groups in total. The molecular formula is C17H35IN4O. The third kappa shape index (κ3) is 7.56. The fourth-order valence-corrected chi connectivity index (χ4v) is 3.46. The van der Waals surface area contributed by atoms with Crippen molar-refractivity contribution in [3.05, 3.63) is 0 Å². The number of likely N-dealkylation sites (tertiary alicyclic amines) is 1. The number of rotatable bonds is 7. The van der Waals surface area contributed by atoms with Crippen molar-refractivity contribution in [3.8, 4) is 0 Å². The number of nitrogens with one attached hydrogen (secondary N) is 2. The van der Waals surface area contributed by atoms with Crippen LogP contribution in [-0.4, -0.2) is 62.8 Å². The molecule has 0 spiro atoms. The van der Waals surface area contributed by atoms with Gasteiger partial charge in [-0.05, 0) is 51.1 Å². The van der Waals surface area contributed by atoms with Crippen LogP contribution in [0.25, 0.3) is 0 Å². The molecule has 2 aliphatic rings. The second-order valence-corrected chi connectivity index (χ2v) is 7.00. The van der Waals surface area contributed by atoms with E-state index in [1.54, 1.807) is 0 Å². The molecule has 2 saturated heterocycles. The van der Waals surface area contributed by atoms with Gasteiger partial charge in [0.15, 0.2) is 5.96 Å². The van der Waals surface area contributed by atoms with E-state index >= 15 is 0 Å². The highest BCUT2D eigenvalue weighted by Gasteiger charge is 2.23. The Balaban J connectivity index is 0.00000264. The molecule has 6 heteroatoms. The summed E-state index contributed by atoms with van der Waals surface area (Å²) in [6, 6.07) is 0.615. The summed E-state index contributed by atoms with van der Waals surface area (Å²) in [6.45, 7) is 9.87. The monoisotopic (exact) mass is 438 g/mol. The van der Waals surface area contributed by atoms with Gasteiger partial charge < -0.3 is 15.4 Å². The van der Waals surface area contributed by atoms with Crippen LogP contribution in [-0.2, 0) is 4.74 Å². The van der Waals surface area contributed by atoms with Crippen molar-refractivity contribution < 1.29 is 4.74 Å². The van der Waals surface area contributed by atoms with Gasteiger partial charge >= 0.3 is 0 Å². The zero-order valence-corrected chi connectivity index (χ0v) is 17.3. The molecule has 2 aliphatic heterocycles. The second kappa shape index (κ2) is 11.5. The van der Waals surface area contributed by atoms with E-state index in [0.717, 1.165) is 38.0 Å². The van der Waals surface area contributed by atoms with Crippen molar-refractivity contribution in [2.75, 3.05) is 39.8 Å². The number of nitrogens with zero attached hydrogens (tertiary/aromatic N) is 2. The fraction of sp³-hybridized carbons (Fsp3) is 0.941. The molecule has 0 aromatic rings. The number of ether oxygens (including phenoxy) is 1. The number of aliphatic imine (C=N–C) groups is 1. The molecule has 23 heavy (non-hydrogen) atoms. The highest BCUT2D eigenvalue weighted by Crippen LogP contribution is 2.17. The van der Waals surface area contributed by atoms with Crippen LogP contribution in [0, 0.1) is 5.92 Å². The minimum atomic E-state index is 0. The average Bonchev–Trinajstić information content (AvgIpc) is 3.19. The summed E-state index contributed by atoms with van der Waals surface area (Å²) in [5.41, 5.74) is 0. The Morgan fingerprint density at radius 3 is 2.52 bits per heavy atom. The van der Waals surface area contributed by atoms with E-state index in [1.807, 2.05) is 7.05 Å². The van der Waals surface area contributed by atoms with Crippen molar-refractivity contribution in [2.24, 2.45) is 10.9 Å². The summed E-state index contributed by atoms with van der Waals surface area (Å²) in [7, 11) is 1.85. The third-order valence-corrected chi connectivity index (χ3v) is 4.65. The Morgan fingerprint density at radius 2 is 1.96 bits per heavy atom. The molecule has 5 nitrogen and oxygen atoms in total. The van der Waals surface area contributed by atoms with Crippen LogP contribution >= 0.6 is 24.0 Å². The molecule has 0 aliphatic carbocycles. The normalized spacial score (nSPS) is 23.8. The van der Waals surface area contributed by atoms with Gasteiger partial charge in [0.1, 0.15) is 0 Å². The lowest BCUT2D eigenvalue weighted by atomic mass is 10.0. The molecule has 2 atom stereocenters. The lowest BCUT2D eigenvalue weighted by Crippen LogP contribution is -2.48. The Kier molecular flexibility index (Phi) is 10.5. The number of guanidine groups is 1. The second-order valence-electron chi connectivity index (χ2n) is 7.00. The molecule has 0 amide bonds. The third-order valence-electron chi connectivity index (χ3n) is 4.65. The molecule has 2 fully saturated rings. The first-order chi connectivity index (χ1) is 10.7. The fourth-order valence-electron chi connectivity index (χ4n) is 3.46. The number of hydrogen-bond donors (Lipinski definition) is 2. The highest BCUT2D eigenvalue weighted by atomic mass is 127. The van der Waals surface area contributed by atoms with Crippen LogP contribution in [0.2, 0.25) is 0 Å². The quantitative estimate of drug-likeness (QED) is 0.364. The molecule has 0 radical (unpaired) electrons. The van der Waals surface area contributed by atoms with Gasteiger partial charge in [-0.2, -0.15) is 0 Å². The van der Waals surface area contributed by atoms with Crippen LogP contribution in [0.1, 0.15) is 46.0 Å². The molecule has 136 valence electrons. The maximum Gasteiger partial charge on any atom is 0.191 e. The van der Waals surface area contributed by atoms with Crippen molar-refractivity contribution in [1.82, 2.24) is 15.5 Å². The molecular weight excluding hydrogens is 403 g/mol. The minimum absolute atomic E-state index is 0. The van der Waals surface area contributed by atoms with E-state index in [2.05, 4.69) is 34.4 Å². The van der Waals surface area contributed by atoms with Gasteiger partial charge in [-0.15, -0.1) is 24.0 Å². The average molecular weight is 438 g/mol. The Morgan fingerprint density at radius 1 is 1.22 bits per heavy atom. The van der Waals surface area contributed by atoms with Gasteiger partial charge in [-0.25, -0.2) is 0 Å². The van der Waals surface area contributed by atoms with Crippen molar-refractivity contribution in [2.45, 2.75) is 58.1 Å². The summed E-state index contributed by atoms with van der Waals surface area (Å²) in [6.07, 6.45) is 6.64. The number of hydrogen-bond acceptors (Lipinski definition) is 3. The first-order valence-electron chi connectivity index (χ1n) is 8.99. The Labute approximate surface area is 159 Å². The first kappa shape index (κ1) is 21.0. The SMILES string of the molecule is CN=C(NCC1CCCO1)NCC(CC(C)C)N1CCCC1.I. The van der Waals surface area contributed by atoms with Gasteiger partial charge in [-0.3, -0.25) is 9.89 Å². The highest BCUT2D eigenvalue weighted by molar-refractivity contribution is 14.0. The van der Waals surface area contributed by atoms with Gasteiger partial charge in [0.05, 0.1) is 6.10 Å². The predicted octanol–water partition coefficient (Wildman–Crippen LogP) is 2.46. The summed E-state index contributed by atoms with van der Waals surface area (Å²) in [5, 5.41) is 6.92. The largest absolute Gasteiger partial charge is 0.376 e. The van der Waals surface area contributed by atoms with Gasteiger partial charge in [-0.1, -0.05) is 13.8 Å². The predicted molar refractivity (Wildman–Crippen MR) is 108 cm³/mol. The number of halogens is 1. The van der Waals surface area contributed by atoms with Crippen LogP contribution in [0.15, 0.2) is 4.99 Å². The van der Waals surface area contributed by atoms with E-state index < -0.39 is 0 Å². The van der Waals surface area contributed by atoms with Crippen LogP contribution in [0.5, 0.6) is 0 Å². The summed E-state index contributed by atoms with van der Waals surface area (Å²) < 4.78 is 5.65. The molecule has 0 aromatic heterocycles. The van der Waals surface area contributed by atoms with Crippen molar-refractivity contribution in [3.63, 3.8) is 0 Å². The summed E-state index contributed by atoms with van der Waals surface area (Å²) in [4.78, 5) is 6.99. The Hall–Kier alpha value is -0.0800. The first-order valence-corrected chi connectivity index (χ1v) is 8.99. The zero-order chi connectivity index (χ0) is 15.8. The molecule has 0 bridgehead atoms. The van der Waals surface area contributed by atoms with E-state index in [9.17, 15) is 0 Å². The lowest BCUT2D eigenvalue weighted by Gasteiger charge is -2.30. The molecule has 2 heterocycles. The lowest BCUT2D eigenvalue weighted by molar-refractivity contribution is 0.113. The topological polar surface area (TPSA) is 48.9 Å². The smallest absolute Gasteiger partial charge is 0.191 e. The molecule has 2 unspecified atom stereocenters. The summed E-state index contributed by atoms with van der Waals surface area (Å²) in [5.74, 6) is 1.64. The van der Waals surface area contributed by atoms with Crippen LogP contribution < -0.4 is 10.6 Å². The van der Waals surface area contributed by atoms with E-state index in [-0.39, 0.29) is 24.0 Å². The van der Waals surface area contributed by atoms with E-state index in [4.69, 9.17) is 4.74 Å². The van der Waals surface area contributed by atoms with Crippen LogP contribution in [0.4, 0.5) is 0 Å². The van der Waals surface area contributed by atoms with Gasteiger partial charge in [0.2, 0.25) is 0 Å². The molecule has 0 aromatic carbocycles. The van der Waals surface area contributed by atoms with Crippen LogP contribution in [0.3, 0.4) is 0 Å². The summed E-state index contributed by atoms with van der Waals surface area (Å²) >= 11 is 0. The maximum atomic E-state index is 5.65.